The highest BCUT2D eigenvalue weighted by Crippen LogP contribution is 2.26. The van der Waals surface area contributed by atoms with Gasteiger partial charge in [0.1, 0.15) is 0 Å². The minimum atomic E-state index is 0.291. The van der Waals surface area contributed by atoms with Gasteiger partial charge in [-0.25, -0.2) is 0 Å². The van der Waals surface area contributed by atoms with Gasteiger partial charge in [-0.2, -0.15) is 0 Å². The van der Waals surface area contributed by atoms with Crippen molar-refractivity contribution in [2.45, 2.75) is 31.9 Å². The summed E-state index contributed by atoms with van der Waals surface area (Å²) >= 11 is 0. The second-order valence-electron chi connectivity index (χ2n) is 4.89. The molecule has 0 aliphatic carbocycles. The van der Waals surface area contributed by atoms with E-state index in [1.165, 1.54) is 10.9 Å². The molecule has 2 aromatic rings. The summed E-state index contributed by atoms with van der Waals surface area (Å²) in [6.07, 6.45) is 4.22. The van der Waals surface area contributed by atoms with Crippen molar-refractivity contribution < 1.29 is 4.74 Å². The number of hydrogen-bond acceptors (Lipinski definition) is 3. The Labute approximate surface area is 115 Å². The van der Waals surface area contributed by atoms with Gasteiger partial charge in [-0.3, -0.25) is 4.98 Å². The fourth-order valence-corrected chi connectivity index (χ4v) is 2.38. The van der Waals surface area contributed by atoms with Crippen LogP contribution in [0.3, 0.4) is 0 Å². The zero-order valence-electron chi connectivity index (χ0n) is 11.9. The van der Waals surface area contributed by atoms with Crippen molar-refractivity contribution in [2.75, 3.05) is 14.2 Å². The lowest BCUT2D eigenvalue weighted by atomic mass is 9.98. The zero-order chi connectivity index (χ0) is 13.7. The number of fused-ring (bicyclic) bond motifs is 1. The maximum Gasteiger partial charge on any atom is 0.0749 e. The van der Waals surface area contributed by atoms with Crippen molar-refractivity contribution in [1.82, 2.24) is 10.3 Å². The number of nitrogens with one attached hydrogen (secondary N) is 1. The van der Waals surface area contributed by atoms with E-state index in [-0.39, 0.29) is 0 Å². The van der Waals surface area contributed by atoms with Crippen molar-refractivity contribution in [3.05, 3.63) is 42.1 Å². The molecule has 1 aromatic heterocycles. The molecule has 0 spiro atoms. The smallest absolute Gasteiger partial charge is 0.0749 e. The van der Waals surface area contributed by atoms with Crippen molar-refractivity contribution >= 4 is 10.9 Å². The molecule has 2 rings (SSSR count). The van der Waals surface area contributed by atoms with E-state index in [1.54, 1.807) is 7.11 Å². The third-order valence-corrected chi connectivity index (χ3v) is 3.65. The van der Waals surface area contributed by atoms with Gasteiger partial charge >= 0.3 is 0 Å². The summed E-state index contributed by atoms with van der Waals surface area (Å²) in [4.78, 5) is 4.53. The molecule has 0 fully saturated rings. The lowest BCUT2D eigenvalue weighted by Crippen LogP contribution is -2.19. The minimum absolute atomic E-state index is 0.291. The number of hydrogen-bond donors (Lipinski definition) is 1. The van der Waals surface area contributed by atoms with Crippen LogP contribution in [0.15, 0.2) is 36.5 Å². The second kappa shape index (κ2) is 6.64. The quantitative estimate of drug-likeness (QED) is 0.863. The molecule has 0 saturated heterocycles. The fraction of sp³-hybridized carbons (Fsp3) is 0.438. The SMILES string of the molecule is CNC(CCC(C)OC)c1cccc2cccnc12. The van der Waals surface area contributed by atoms with Crippen LogP contribution < -0.4 is 5.32 Å². The molecule has 1 aromatic carbocycles. The third kappa shape index (κ3) is 3.31. The van der Waals surface area contributed by atoms with Gasteiger partial charge in [0.15, 0.2) is 0 Å². The number of aromatic nitrogens is 1. The van der Waals surface area contributed by atoms with E-state index in [9.17, 15) is 0 Å². The second-order valence-corrected chi connectivity index (χ2v) is 4.89. The number of pyridine rings is 1. The van der Waals surface area contributed by atoms with Gasteiger partial charge in [-0.1, -0.05) is 24.3 Å². The lowest BCUT2D eigenvalue weighted by molar-refractivity contribution is 0.106. The largest absolute Gasteiger partial charge is 0.382 e. The first-order valence-corrected chi connectivity index (χ1v) is 6.80. The molecule has 0 saturated carbocycles. The lowest BCUT2D eigenvalue weighted by Gasteiger charge is -2.19. The summed E-state index contributed by atoms with van der Waals surface area (Å²) in [6.45, 7) is 2.11. The van der Waals surface area contributed by atoms with Crippen LogP contribution in [0.25, 0.3) is 10.9 Å². The zero-order valence-corrected chi connectivity index (χ0v) is 11.9. The number of rotatable bonds is 6. The molecule has 2 atom stereocenters. The van der Waals surface area contributed by atoms with Crippen molar-refractivity contribution in [3.63, 3.8) is 0 Å². The van der Waals surface area contributed by atoms with Gasteiger partial charge in [0.2, 0.25) is 0 Å². The minimum Gasteiger partial charge on any atom is -0.382 e. The maximum absolute atomic E-state index is 5.33. The normalized spacial score (nSPS) is 14.5. The van der Waals surface area contributed by atoms with Crippen LogP contribution in [0.1, 0.15) is 31.4 Å². The molecule has 3 heteroatoms. The predicted molar refractivity (Wildman–Crippen MR) is 79.2 cm³/mol. The Morgan fingerprint density at radius 2 is 2.00 bits per heavy atom. The number of benzene rings is 1. The van der Waals surface area contributed by atoms with Gasteiger partial charge < -0.3 is 10.1 Å². The van der Waals surface area contributed by atoms with Crippen LogP contribution >= 0.6 is 0 Å². The van der Waals surface area contributed by atoms with Gasteiger partial charge in [-0.15, -0.1) is 0 Å². The Morgan fingerprint density at radius 3 is 2.74 bits per heavy atom. The first-order valence-electron chi connectivity index (χ1n) is 6.80. The van der Waals surface area contributed by atoms with Crippen molar-refractivity contribution in [2.24, 2.45) is 0 Å². The summed E-state index contributed by atoms with van der Waals surface area (Å²) in [6, 6.07) is 10.8. The Bertz CT molecular complexity index is 522. The molecule has 0 aliphatic rings. The first kappa shape index (κ1) is 14.0. The topological polar surface area (TPSA) is 34.1 Å². The highest BCUT2D eigenvalue weighted by atomic mass is 16.5. The molecule has 0 amide bonds. The average Bonchev–Trinajstić information content (AvgIpc) is 2.47. The van der Waals surface area contributed by atoms with Gasteiger partial charge in [0.25, 0.3) is 0 Å². The highest BCUT2D eigenvalue weighted by molar-refractivity contribution is 5.81. The van der Waals surface area contributed by atoms with Crippen molar-refractivity contribution in [1.29, 1.82) is 0 Å². The molecule has 0 aliphatic heterocycles. The Balaban J connectivity index is 2.25. The molecule has 19 heavy (non-hydrogen) atoms. The maximum atomic E-state index is 5.33. The average molecular weight is 258 g/mol. The first-order chi connectivity index (χ1) is 9.26. The summed E-state index contributed by atoms with van der Waals surface area (Å²) < 4.78 is 5.33. The van der Waals surface area contributed by atoms with E-state index < -0.39 is 0 Å². The molecular weight excluding hydrogens is 236 g/mol. The van der Waals surface area contributed by atoms with Gasteiger partial charge in [0.05, 0.1) is 11.6 Å². The molecule has 2 unspecified atom stereocenters. The van der Waals surface area contributed by atoms with Gasteiger partial charge in [-0.05, 0) is 38.4 Å². The number of para-hydroxylation sites is 1. The monoisotopic (exact) mass is 258 g/mol. The fourth-order valence-electron chi connectivity index (χ4n) is 2.38. The summed E-state index contributed by atoms with van der Waals surface area (Å²) in [5.74, 6) is 0. The van der Waals surface area contributed by atoms with Crippen molar-refractivity contribution in [3.8, 4) is 0 Å². The van der Waals surface area contributed by atoms with Crippen LogP contribution in [0.5, 0.6) is 0 Å². The predicted octanol–water partition coefficient (Wildman–Crippen LogP) is 3.31. The Morgan fingerprint density at radius 1 is 1.21 bits per heavy atom. The molecular formula is C16H22N2O. The molecule has 1 N–H and O–H groups in total. The van der Waals surface area contributed by atoms with Crippen LogP contribution in [0.4, 0.5) is 0 Å². The number of methoxy groups -OCH3 is 1. The van der Waals surface area contributed by atoms with E-state index in [1.807, 2.05) is 19.3 Å². The Kier molecular flexibility index (Phi) is 4.88. The standard InChI is InChI=1S/C16H22N2O/c1-12(19-3)9-10-15(17-2)14-8-4-6-13-7-5-11-18-16(13)14/h4-8,11-12,15,17H,9-10H2,1-3H3. The van der Waals surface area contributed by atoms with Crippen LogP contribution in [-0.4, -0.2) is 25.2 Å². The van der Waals surface area contributed by atoms with Gasteiger partial charge in [0, 0.05) is 24.7 Å². The van der Waals surface area contributed by atoms with E-state index >= 15 is 0 Å². The number of ether oxygens (including phenoxy) is 1. The van der Waals surface area contributed by atoms with E-state index in [0.29, 0.717) is 12.1 Å². The third-order valence-electron chi connectivity index (χ3n) is 3.65. The number of nitrogens with zero attached hydrogens (tertiary/aromatic N) is 1. The van der Waals surface area contributed by atoms with E-state index in [2.05, 4.69) is 41.5 Å². The molecule has 3 nitrogen and oxygen atoms in total. The molecule has 0 bridgehead atoms. The summed E-state index contributed by atoms with van der Waals surface area (Å²) in [5, 5.41) is 4.59. The van der Waals surface area contributed by atoms with E-state index in [4.69, 9.17) is 4.74 Å². The molecule has 1 heterocycles. The summed E-state index contributed by atoms with van der Waals surface area (Å²) in [5.41, 5.74) is 2.36. The molecule has 102 valence electrons. The van der Waals surface area contributed by atoms with Crippen LogP contribution in [0, 0.1) is 0 Å². The Hall–Kier alpha value is -1.45. The van der Waals surface area contributed by atoms with Crippen LogP contribution in [-0.2, 0) is 4.74 Å². The van der Waals surface area contributed by atoms with E-state index in [0.717, 1.165) is 18.4 Å². The summed E-state index contributed by atoms with van der Waals surface area (Å²) in [7, 11) is 3.77. The molecule has 0 radical (unpaired) electrons. The van der Waals surface area contributed by atoms with Crippen LogP contribution in [0.2, 0.25) is 0 Å². The highest BCUT2D eigenvalue weighted by Gasteiger charge is 2.14.